The van der Waals surface area contributed by atoms with E-state index in [-0.39, 0.29) is 13.0 Å². The molecular formula is C25H22N2O5. The van der Waals surface area contributed by atoms with Crippen molar-refractivity contribution in [2.75, 3.05) is 7.11 Å². The largest absolute Gasteiger partial charge is 0.497 e. The maximum absolute atomic E-state index is 13.5. The number of nitrogens with zero attached hydrogens (tertiary/aromatic N) is 2. The molecule has 4 rings (SSSR count). The number of hydrogen-bond acceptors (Lipinski definition) is 4. The van der Waals surface area contributed by atoms with Crippen LogP contribution < -0.4 is 16.0 Å². The minimum Gasteiger partial charge on any atom is -0.497 e. The van der Waals surface area contributed by atoms with Gasteiger partial charge in [-0.2, -0.15) is 0 Å². The third kappa shape index (κ3) is 4.05. The van der Waals surface area contributed by atoms with Crippen LogP contribution in [0.2, 0.25) is 0 Å². The molecule has 4 aromatic rings. The summed E-state index contributed by atoms with van der Waals surface area (Å²) in [6, 6.07) is 21.6. The van der Waals surface area contributed by atoms with Gasteiger partial charge in [-0.05, 0) is 35.4 Å². The van der Waals surface area contributed by atoms with E-state index in [1.807, 2.05) is 18.2 Å². The minimum atomic E-state index is -1.33. The molecule has 32 heavy (non-hydrogen) atoms. The molecule has 1 heterocycles. The molecule has 0 bridgehead atoms. The van der Waals surface area contributed by atoms with E-state index in [0.717, 1.165) is 15.7 Å². The smallest absolute Gasteiger partial charge is 0.332 e. The van der Waals surface area contributed by atoms with Crippen LogP contribution in [0.5, 0.6) is 5.75 Å². The van der Waals surface area contributed by atoms with Gasteiger partial charge in [0.05, 0.1) is 24.6 Å². The lowest BCUT2D eigenvalue weighted by Gasteiger charge is -2.19. The molecule has 1 atom stereocenters. The number of carboxylic acids is 1. The normalized spacial score (nSPS) is 11.9. The van der Waals surface area contributed by atoms with E-state index < -0.39 is 23.3 Å². The van der Waals surface area contributed by atoms with Gasteiger partial charge < -0.3 is 9.84 Å². The van der Waals surface area contributed by atoms with Crippen molar-refractivity contribution in [1.82, 2.24) is 9.13 Å². The number of aliphatic carboxylic acids is 1. The van der Waals surface area contributed by atoms with Crippen LogP contribution in [0.4, 0.5) is 0 Å². The number of fused-ring (bicyclic) bond motifs is 1. The van der Waals surface area contributed by atoms with E-state index >= 15 is 0 Å². The third-order valence-electron chi connectivity index (χ3n) is 5.45. The predicted molar refractivity (Wildman–Crippen MR) is 121 cm³/mol. The monoisotopic (exact) mass is 430 g/mol. The van der Waals surface area contributed by atoms with Crippen LogP contribution >= 0.6 is 0 Å². The van der Waals surface area contributed by atoms with Crippen LogP contribution in [0, 0.1) is 0 Å². The zero-order chi connectivity index (χ0) is 22.7. The highest BCUT2D eigenvalue weighted by molar-refractivity contribution is 5.79. The molecule has 1 unspecified atom stereocenters. The first-order chi connectivity index (χ1) is 15.5. The number of hydrogen-bond donors (Lipinski definition) is 1. The highest BCUT2D eigenvalue weighted by atomic mass is 16.5. The van der Waals surface area contributed by atoms with Gasteiger partial charge in [0.1, 0.15) is 11.8 Å². The van der Waals surface area contributed by atoms with Crippen LogP contribution in [0.25, 0.3) is 10.9 Å². The minimum absolute atomic E-state index is 0.0200. The SMILES string of the molecule is COc1ccc(Cn2c(=O)n(C(Cc3ccccc3)C(=O)O)c(=O)c3ccccc32)cc1. The molecule has 3 aromatic carbocycles. The molecule has 162 valence electrons. The summed E-state index contributed by atoms with van der Waals surface area (Å²) in [5.41, 5.74) is 0.727. The predicted octanol–water partition coefficient (Wildman–Crippen LogP) is 3.09. The first-order valence-electron chi connectivity index (χ1n) is 10.1. The van der Waals surface area contributed by atoms with Gasteiger partial charge in [-0.25, -0.2) is 14.2 Å². The maximum Gasteiger partial charge on any atom is 0.332 e. The lowest BCUT2D eigenvalue weighted by Crippen LogP contribution is -2.45. The molecule has 0 aliphatic carbocycles. The van der Waals surface area contributed by atoms with Crippen LogP contribution in [-0.2, 0) is 17.8 Å². The highest BCUT2D eigenvalue weighted by Gasteiger charge is 2.26. The Balaban J connectivity index is 1.89. The van der Waals surface area contributed by atoms with Crippen molar-refractivity contribution in [2.45, 2.75) is 19.0 Å². The van der Waals surface area contributed by atoms with Gasteiger partial charge in [-0.3, -0.25) is 9.36 Å². The van der Waals surface area contributed by atoms with Gasteiger partial charge >= 0.3 is 11.7 Å². The van der Waals surface area contributed by atoms with Crippen molar-refractivity contribution >= 4 is 16.9 Å². The summed E-state index contributed by atoms with van der Waals surface area (Å²) in [6.07, 6.45) is 0.0200. The number of carbonyl (C=O) groups is 1. The molecule has 7 heteroatoms. The Morgan fingerprint density at radius 1 is 0.906 bits per heavy atom. The molecule has 0 saturated carbocycles. The molecule has 1 N–H and O–H groups in total. The summed E-state index contributed by atoms with van der Waals surface area (Å²) in [4.78, 5) is 38.9. The Hall–Kier alpha value is -4.13. The molecule has 0 radical (unpaired) electrons. The van der Waals surface area contributed by atoms with Crippen molar-refractivity contribution in [2.24, 2.45) is 0 Å². The fraction of sp³-hybridized carbons (Fsp3) is 0.160. The Morgan fingerprint density at radius 2 is 1.56 bits per heavy atom. The van der Waals surface area contributed by atoms with Crippen molar-refractivity contribution in [3.8, 4) is 5.75 Å². The van der Waals surface area contributed by atoms with E-state index in [4.69, 9.17) is 4.74 Å². The van der Waals surface area contributed by atoms with Gasteiger partial charge in [0, 0.05) is 6.42 Å². The first kappa shape index (κ1) is 21.1. The Labute approximate surface area is 183 Å². The van der Waals surface area contributed by atoms with Gasteiger partial charge in [0.15, 0.2) is 0 Å². The maximum atomic E-state index is 13.5. The summed E-state index contributed by atoms with van der Waals surface area (Å²) in [5, 5.41) is 10.2. The van der Waals surface area contributed by atoms with E-state index in [9.17, 15) is 19.5 Å². The first-order valence-corrected chi connectivity index (χ1v) is 10.1. The van der Waals surface area contributed by atoms with Gasteiger partial charge in [0.2, 0.25) is 0 Å². The van der Waals surface area contributed by atoms with Crippen LogP contribution in [0.3, 0.4) is 0 Å². The van der Waals surface area contributed by atoms with Crippen molar-refractivity contribution in [1.29, 1.82) is 0 Å². The summed E-state index contributed by atoms with van der Waals surface area (Å²) >= 11 is 0. The number of para-hydroxylation sites is 1. The zero-order valence-corrected chi connectivity index (χ0v) is 17.5. The Kier molecular flexibility index (Phi) is 5.89. The molecule has 0 amide bonds. The average molecular weight is 430 g/mol. The zero-order valence-electron chi connectivity index (χ0n) is 17.5. The summed E-state index contributed by atoms with van der Waals surface area (Å²) in [5.74, 6) is -0.552. The number of methoxy groups -OCH3 is 1. The van der Waals surface area contributed by atoms with E-state index in [2.05, 4.69) is 0 Å². The average Bonchev–Trinajstić information content (AvgIpc) is 2.82. The van der Waals surface area contributed by atoms with Crippen LogP contribution in [0.1, 0.15) is 17.2 Å². The molecule has 0 spiro atoms. The van der Waals surface area contributed by atoms with E-state index in [1.54, 1.807) is 67.8 Å². The van der Waals surface area contributed by atoms with Crippen LogP contribution in [0.15, 0.2) is 88.5 Å². The third-order valence-corrected chi connectivity index (χ3v) is 5.45. The van der Waals surface area contributed by atoms with Crippen molar-refractivity contribution in [3.63, 3.8) is 0 Å². The lowest BCUT2D eigenvalue weighted by atomic mass is 10.1. The topological polar surface area (TPSA) is 90.5 Å². The molecule has 7 nitrogen and oxygen atoms in total. The second-order valence-electron chi connectivity index (χ2n) is 7.45. The molecule has 0 aliphatic heterocycles. The number of benzene rings is 3. The summed E-state index contributed by atoms with van der Waals surface area (Å²) in [7, 11) is 1.57. The second kappa shape index (κ2) is 8.93. The number of ether oxygens (including phenoxy) is 1. The molecule has 0 saturated heterocycles. The Morgan fingerprint density at radius 3 is 2.22 bits per heavy atom. The summed E-state index contributed by atoms with van der Waals surface area (Å²) in [6.45, 7) is 0.182. The quantitative estimate of drug-likeness (QED) is 0.487. The molecule has 0 aliphatic rings. The Bertz CT molecular complexity index is 1370. The second-order valence-corrected chi connectivity index (χ2v) is 7.45. The van der Waals surface area contributed by atoms with Crippen molar-refractivity contribution in [3.05, 3.63) is 111 Å². The van der Waals surface area contributed by atoms with E-state index in [1.165, 1.54) is 4.57 Å². The fourth-order valence-corrected chi connectivity index (χ4v) is 3.81. The van der Waals surface area contributed by atoms with Crippen LogP contribution in [-0.4, -0.2) is 27.3 Å². The van der Waals surface area contributed by atoms with Gasteiger partial charge in [0.25, 0.3) is 5.56 Å². The molecular weight excluding hydrogens is 408 g/mol. The fourth-order valence-electron chi connectivity index (χ4n) is 3.81. The lowest BCUT2D eigenvalue weighted by molar-refractivity contribution is -0.141. The highest BCUT2D eigenvalue weighted by Crippen LogP contribution is 2.17. The number of aromatic nitrogens is 2. The standard InChI is InChI=1S/C25H22N2O5/c1-32-19-13-11-18(12-14-19)16-26-21-10-6-5-9-20(21)23(28)27(25(26)31)22(24(29)30)15-17-7-3-2-4-8-17/h2-14,22H,15-16H2,1H3,(H,29,30). The van der Waals surface area contributed by atoms with Gasteiger partial charge in [-0.1, -0.05) is 54.6 Å². The summed E-state index contributed by atoms with van der Waals surface area (Å²) < 4.78 is 7.49. The number of carboxylic acid groups (broad SMARTS) is 1. The molecule has 1 aromatic heterocycles. The number of rotatable bonds is 7. The van der Waals surface area contributed by atoms with Gasteiger partial charge in [-0.15, -0.1) is 0 Å². The van der Waals surface area contributed by atoms with E-state index in [0.29, 0.717) is 16.7 Å². The molecule has 0 fully saturated rings. The van der Waals surface area contributed by atoms with Crippen molar-refractivity contribution < 1.29 is 14.6 Å².